The van der Waals surface area contributed by atoms with E-state index in [0.717, 1.165) is 12.2 Å². The van der Waals surface area contributed by atoms with E-state index in [1.54, 1.807) is 12.1 Å². The molecule has 0 saturated carbocycles. The Morgan fingerprint density at radius 3 is 2.85 bits per heavy atom. The summed E-state index contributed by atoms with van der Waals surface area (Å²) in [4.78, 5) is 0. The van der Waals surface area contributed by atoms with E-state index in [1.807, 2.05) is 6.92 Å². The highest BCUT2D eigenvalue weighted by molar-refractivity contribution is 6.36. The fourth-order valence-electron chi connectivity index (χ4n) is 1.30. The lowest BCUT2D eigenvalue weighted by Gasteiger charge is -2.26. The van der Waals surface area contributed by atoms with Crippen molar-refractivity contribution in [3.05, 3.63) is 22.2 Å². The van der Waals surface area contributed by atoms with Gasteiger partial charge in [-0.2, -0.15) is 0 Å². The maximum Gasteiger partial charge on any atom is 0.162 e. The number of nitrogens with one attached hydrogen (secondary N) is 1. The van der Waals surface area contributed by atoms with Crippen LogP contribution in [-0.4, -0.2) is 12.6 Å². The van der Waals surface area contributed by atoms with Crippen molar-refractivity contribution in [2.24, 2.45) is 0 Å². The molecule has 13 heavy (non-hydrogen) atoms. The van der Waals surface area contributed by atoms with E-state index in [1.165, 1.54) is 0 Å². The number of rotatable bonds is 0. The molecule has 0 amide bonds. The van der Waals surface area contributed by atoms with Gasteiger partial charge in [0.15, 0.2) is 5.75 Å². The third kappa shape index (κ3) is 1.56. The molecule has 0 aromatic heterocycles. The van der Waals surface area contributed by atoms with Crippen LogP contribution in [0.4, 0.5) is 5.69 Å². The van der Waals surface area contributed by atoms with Crippen molar-refractivity contribution in [1.29, 1.82) is 0 Å². The van der Waals surface area contributed by atoms with E-state index in [-0.39, 0.29) is 6.10 Å². The summed E-state index contributed by atoms with van der Waals surface area (Å²) in [6, 6.07) is 3.50. The van der Waals surface area contributed by atoms with Gasteiger partial charge in [0.25, 0.3) is 0 Å². The van der Waals surface area contributed by atoms with E-state index in [0.29, 0.717) is 15.8 Å². The Hall–Kier alpha value is -0.600. The zero-order valence-corrected chi connectivity index (χ0v) is 8.62. The molecule has 2 rings (SSSR count). The van der Waals surface area contributed by atoms with Crippen LogP contribution in [0.1, 0.15) is 6.92 Å². The highest BCUT2D eigenvalue weighted by Crippen LogP contribution is 2.40. The number of hydrogen-bond donors (Lipinski definition) is 1. The maximum atomic E-state index is 5.96. The lowest BCUT2D eigenvalue weighted by atomic mass is 10.2. The molecule has 0 spiro atoms. The second-order valence-corrected chi connectivity index (χ2v) is 3.86. The van der Waals surface area contributed by atoms with Crippen LogP contribution in [0.3, 0.4) is 0 Å². The predicted molar refractivity (Wildman–Crippen MR) is 55.0 cm³/mol. The van der Waals surface area contributed by atoms with Gasteiger partial charge in [-0.1, -0.05) is 23.2 Å². The minimum absolute atomic E-state index is 0.128. The monoisotopic (exact) mass is 217 g/mol. The van der Waals surface area contributed by atoms with E-state index in [4.69, 9.17) is 27.9 Å². The molecule has 1 aliphatic rings. The number of anilines is 1. The van der Waals surface area contributed by atoms with Crippen LogP contribution in [0.15, 0.2) is 12.1 Å². The van der Waals surface area contributed by atoms with Crippen LogP contribution in [0.25, 0.3) is 0 Å². The van der Waals surface area contributed by atoms with Crippen LogP contribution in [0.5, 0.6) is 5.75 Å². The molecule has 1 unspecified atom stereocenters. The summed E-state index contributed by atoms with van der Waals surface area (Å²) in [5.74, 6) is 0.660. The van der Waals surface area contributed by atoms with E-state index >= 15 is 0 Å². The molecule has 70 valence electrons. The first-order chi connectivity index (χ1) is 6.18. The summed E-state index contributed by atoms with van der Waals surface area (Å²) in [7, 11) is 0. The first-order valence-corrected chi connectivity index (χ1v) is 4.82. The first-order valence-electron chi connectivity index (χ1n) is 4.07. The Morgan fingerprint density at radius 1 is 1.38 bits per heavy atom. The standard InChI is InChI=1S/C9H9Cl2NO/c1-5-4-12-8-6(10)2-3-7(11)9(8)13-5/h2-3,5,12H,4H2,1H3. The van der Waals surface area contributed by atoms with Gasteiger partial charge in [0.05, 0.1) is 22.3 Å². The molecular formula is C9H9Cl2NO. The molecule has 1 atom stereocenters. The van der Waals surface area contributed by atoms with Crippen LogP contribution < -0.4 is 10.1 Å². The molecule has 0 radical (unpaired) electrons. The molecule has 1 heterocycles. The Balaban J connectivity index is 2.51. The smallest absolute Gasteiger partial charge is 0.162 e. The fraction of sp³-hybridized carbons (Fsp3) is 0.333. The third-order valence-electron chi connectivity index (χ3n) is 1.94. The molecule has 1 aromatic rings. The Morgan fingerprint density at radius 2 is 2.08 bits per heavy atom. The number of fused-ring (bicyclic) bond motifs is 1. The molecule has 2 nitrogen and oxygen atoms in total. The first kappa shape index (κ1) is 8.97. The Bertz CT molecular complexity index is 341. The van der Waals surface area contributed by atoms with E-state index in [2.05, 4.69) is 5.32 Å². The average molecular weight is 218 g/mol. The topological polar surface area (TPSA) is 21.3 Å². The highest BCUT2D eigenvalue weighted by atomic mass is 35.5. The van der Waals surface area contributed by atoms with Gasteiger partial charge in [0, 0.05) is 0 Å². The van der Waals surface area contributed by atoms with Gasteiger partial charge in [-0.15, -0.1) is 0 Å². The van der Waals surface area contributed by atoms with Gasteiger partial charge in [-0.05, 0) is 19.1 Å². The summed E-state index contributed by atoms with van der Waals surface area (Å²) in [6.45, 7) is 2.74. The molecule has 4 heteroatoms. The molecule has 1 aliphatic heterocycles. The number of hydrogen-bond acceptors (Lipinski definition) is 2. The number of ether oxygens (including phenoxy) is 1. The maximum absolute atomic E-state index is 5.96. The minimum atomic E-state index is 0.128. The second kappa shape index (κ2) is 3.28. The van der Waals surface area contributed by atoms with Crippen LogP contribution in [0.2, 0.25) is 10.0 Å². The van der Waals surface area contributed by atoms with Gasteiger partial charge in [-0.25, -0.2) is 0 Å². The van der Waals surface area contributed by atoms with Crippen molar-refractivity contribution in [3.8, 4) is 5.75 Å². The predicted octanol–water partition coefficient (Wildman–Crippen LogP) is 3.19. The minimum Gasteiger partial charge on any atom is -0.485 e. The van der Waals surface area contributed by atoms with Crippen LogP contribution in [0, 0.1) is 0 Å². The summed E-state index contributed by atoms with van der Waals surface area (Å²) in [6.07, 6.45) is 0.128. The zero-order chi connectivity index (χ0) is 9.42. The lowest BCUT2D eigenvalue weighted by molar-refractivity contribution is 0.226. The van der Waals surface area contributed by atoms with E-state index < -0.39 is 0 Å². The quantitative estimate of drug-likeness (QED) is 0.721. The highest BCUT2D eigenvalue weighted by Gasteiger charge is 2.20. The molecule has 1 aromatic carbocycles. The molecule has 0 saturated heterocycles. The summed E-state index contributed by atoms with van der Waals surface area (Å²) >= 11 is 11.9. The van der Waals surface area contributed by atoms with Crippen molar-refractivity contribution < 1.29 is 4.74 Å². The summed E-state index contributed by atoms with van der Waals surface area (Å²) in [5.41, 5.74) is 0.798. The molecule has 0 bridgehead atoms. The zero-order valence-electron chi connectivity index (χ0n) is 7.10. The normalized spacial score (nSPS) is 20.1. The van der Waals surface area contributed by atoms with Crippen molar-refractivity contribution in [2.45, 2.75) is 13.0 Å². The molecule has 0 aliphatic carbocycles. The van der Waals surface area contributed by atoms with Crippen LogP contribution in [-0.2, 0) is 0 Å². The van der Waals surface area contributed by atoms with Crippen molar-refractivity contribution >= 4 is 28.9 Å². The van der Waals surface area contributed by atoms with Gasteiger partial charge in [-0.3, -0.25) is 0 Å². The van der Waals surface area contributed by atoms with Crippen molar-refractivity contribution in [3.63, 3.8) is 0 Å². The van der Waals surface area contributed by atoms with Gasteiger partial charge in [0.1, 0.15) is 6.10 Å². The van der Waals surface area contributed by atoms with Gasteiger partial charge in [0.2, 0.25) is 0 Å². The van der Waals surface area contributed by atoms with Crippen molar-refractivity contribution in [2.75, 3.05) is 11.9 Å². The Labute approximate surface area is 86.8 Å². The summed E-state index contributed by atoms with van der Waals surface area (Å²) < 4.78 is 5.56. The van der Waals surface area contributed by atoms with Gasteiger partial charge < -0.3 is 10.1 Å². The largest absolute Gasteiger partial charge is 0.485 e. The second-order valence-electron chi connectivity index (χ2n) is 3.04. The number of benzene rings is 1. The van der Waals surface area contributed by atoms with E-state index in [9.17, 15) is 0 Å². The summed E-state index contributed by atoms with van der Waals surface area (Å²) in [5, 5.41) is 4.42. The van der Waals surface area contributed by atoms with Crippen LogP contribution >= 0.6 is 23.2 Å². The average Bonchev–Trinajstić information content (AvgIpc) is 2.12. The molecule has 0 fully saturated rings. The third-order valence-corrected chi connectivity index (χ3v) is 2.56. The molecule has 1 N–H and O–H groups in total. The lowest BCUT2D eigenvalue weighted by Crippen LogP contribution is -2.28. The fourth-order valence-corrected chi connectivity index (χ4v) is 1.72. The van der Waals surface area contributed by atoms with Crippen molar-refractivity contribution in [1.82, 2.24) is 0 Å². The number of halogens is 2. The SMILES string of the molecule is CC1CNc2c(Cl)ccc(Cl)c2O1. The molecular weight excluding hydrogens is 209 g/mol. The Kier molecular flexibility index (Phi) is 2.26. The van der Waals surface area contributed by atoms with Gasteiger partial charge >= 0.3 is 0 Å².